The molecular weight excluding hydrogens is 364 g/mol. The Morgan fingerprint density at radius 3 is 2.67 bits per heavy atom. The van der Waals surface area contributed by atoms with E-state index >= 15 is 0 Å². The summed E-state index contributed by atoms with van der Waals surface area (Å²) in [6.07, 6.45) is 0.648. The second kappa shape index (κ2) is 7.29. The highest BCUT2D eigenvalue weighted by Gasteiger charge is 2.17. The molecule has 0 spiro atoms. The van der Waals surface area contributed by atoms with Gasteiger partial charge in [-0.2, -0.15) is 0 Å². The maximum Gasteiger partial charge on any atom is 0.222 e. The Balaban J connectivity index is 1.48. The Bertz CT molecular complexity index is 1140. The van der Waals surface area contributed by atoms with Gasteiger partial charge in [0.2, 0.25) is 5.88 Å². The molecule has 0 saturated heterocycles. The summed E-state index contributed by atoms with van der Waals surface area (Å²) >= 11 is 6.06. The van der Waals surface area contributed by atoms with Gasteiger partial charge in [0.25, 0.3) is 0 Å². The third-order valence-corrected chi connectivity index (χ3v) is 4.82. The van der Waals surface area contributed by atoms with Crippen molar-refractivity contribution in [1.82, 2.24) is 4.57 Å². The molecule has 0 atom stereocenters. The molecule has 136 valence electrons. The summed E-state index contributed by atoms with van der Waals surface area (Å²) in [5.74, 6) is 0.654. The molecule has 6 heteroatoms. The fourth-order valence-electron chi connectivity index (χ4n) is 3.28. The fourth-order valence-corrected chi connectivity index (χ4v) is 3.44. The number of nitrogens with zero attached hydrogens (tertiary/aromatic N) is 2. The SMILES string of the molecule is O=Nc1c(O)n(CCCOc2ccc3ccccc3c2)c2cc(Cl)ccc12. The molecule has 0 radical (unpaired) electrons. The van der Waals surface area contributed by atoms with Crippen molar-refractivity contribution in [2.45, 2.75) is 13.0 Å². The molecule has 1 N–H and O–H groups in total. The summed E-state index contributed by atoms with van der Waals surface area (Å²) in [5, 5.41) is 16.7. The smallest absolute Gasteiger partial charge is 0.222 e. The summed E-state index contributed by atoms with van der Waals surface area (Å²) in [6.45, 7) is 0.952. The molecule has 3 aromatic carbocycles. The molecule has 27 heavy (non-hydrogen) atoms. The van der Waals surface area contributed by atoms with Crippen molar-refractivity contribution < 1.29 is 9.84 Å². The summed E-state index contributed by atoms with van der Waals surface area (Å²) < 4.78 is 7.48. The minimum Gasteiger partial charge on any atom is -0.494 e. The van der Waals surface area contributed by atoms with Gasteiger partial charge in [-0.3, -0.25) is 0 Å². The molecule has 1 aromatic heterocycles. The van der Waals surface area contributed by atoms with Crippen LogP contribution in [0.4, 0.5) is 5.69 Å². The number of hydrogen-bond acceptors (Lipinski definition) is 4. The lowest BCUT2D eigenvalue weighted by molar-refractivity contribution is 0.298. The Hall–Kier alpha value is -3.05. The third kappa shape index (κ3) is 3.34. The largest absolute Gasteiger partial charge is 0.494 e. The fraction of sp³-hybridized carbons (Fsp3) is 0.143. The zero-order valence-corrected chi connectivity index (χ0v) is 15.2. The quantitative estimate of drug-likeness (QED) is 0.328. The molecule has 0 fully saturated rings. The number of aryl methyl sites for hydroxylation is 1. The van der Waals surface area contributed by atoms with Gasteiger partial charge in [-0.05, 0) is 52.7 Å². The topological polar surface area (TPSA) is 63.8 Å². The molecule has 0 bridgehead atoms. The first kappa shape index (κ1) is 17.4. The van der Waals surface area contributed by atoms with Gasteiger partial charge in [-0.15, -0.1) is 4.91 Å². The molecule has 0 amide bonds. The average molecular weight is 381 g/mol. The molecule has 5 nitrogen and oxygen atoms in total. The normalized spacial score (nSPS) is 11.1. The number of benzene rings is 3. The number of ether oxygens (including phenoxy) is 1. The Morgan fingerprint density at radius 2 is 1.85 bits per heavy atom. The van der Waals surface area contributed by atoms with Crippen LogP contribution < -0.4 is 4.74 Å². The van der Waals surface area contributed by atoms with E-state index in [-0.39, 0.29) is 11.6 Å². The second-order valence-corrected chi connectivity index (χ2v) is 6.72. The summed E-state index contributed by atoms with van der Waals surface area (Å²) in [5.41, 5.74) is 0.720. The van der Waals surface area contributed by atoms with Crippen LogP contribution in [0.1, 0.15) is 6.42 Å². The molecule has 4 aromatic rings. The van der Waals surface area contributed by atoms with Crippen LogP contribution in [0.5, 0.6) is 11.6 Å². The monoisotopic (exact) mass is 380 g/mol. The predicted molar refractivity (Wildman–Crippen MR) is 108 cm³/mol. The van der Waals surface area contributed by atoms with E-state index in [0.717, 1.165) is 11.1 Å². The number of aromatic hydroxyl groups is 1. The zero-order valence-electron chi connectivity index (χ0n) is 14.4. The highest BCUT2D eigenvalue weighted by molar-refractivity contribution is 6.31. The van der Waals surface area contributed by atoms with E-state index in [1.807, 2.05) is 36.4 Å². The van der Waals surface area contributed by atoms with Crippen molar-refractivity contribution in [1.29, 1.82) is 0 Å². The Labute approximate surface area is 160 Å². The molecular formula is C21H17ClN2O3. The van der Waals surface area contributed by atoms with E-state index in [1.54, 1.807) is 22.8 Å². The zero-order chi connectivity index (χ0) is 18.8. The summed E-state index contributed by atoms with van der Waals surface area (Å²) in [6, 6.07) is 19.2. The van der Waals surface area contributed by atoms with Crippen LogP contribution >= 0.6 is 11.6 Å². The number of fused-ring (bicyclic) bond motifs is 2. The highest BCUT2D eigenvalue weighted by Crippen LogP contribution is 2.39. The summed E-state index contributed by atoms with van der Waals surface area (Å²) in [4.78, 5) is 11.1. The van der Waals surface area contributed by atoms with E-state index in [2.05, 4.69) is 11.2 Å². The van der Waals surface area contributed by atoms with Crippen molar-refractivity contribution in [2.75, 3.05) is 6.61 Å². The van der Waals surface area contributed by atoms with Crippen molar-refractivity contribution in [3.05, 3.63) is 70.6 Å². The van der Waals surface area contributed by atoms with Crippen LogP contribution in [-0.2, 0) is 6.54 Å². The van der Waals surface area contributed by atoms with Gasteiger partial charge in [0.15, 0.2) is 5.69 Å². The van der Waals surface area contributed by atoms with Crippen molar-refractivity contribution >= 4 is 39.0 Å². The summed E-state index contributed by atoms with van der Waals surface area (Å²) in [7, 11) is 0. The van der Waals surface area contributed by atoms with Gasteiger partial charge < -0.3 is 14.4 Å². The van der Waals surface area contributed by atoms with Gasteiger partial charge in [0, 0.05) is 17.0 Å². The van der Waals surface area contributed by atoms with Crippen LogP contribution in [0.3, 0.4) is 0 Å². The first-order valence-corrected chi connectivity index (χ1v) is 9.01. The van der Waals surface area contributed by atoms with Crippen LogP contribution in [0.15, 0.2) is 65.8 Å². The van der Waals surface area contributed by atoms with Crippen molar-refractivity contribution in [3.63, 3.8) is 0 Å². The molecule has 0 unspecified atom stereocenters. The number of nitroso groups, excluding NO2 is 1. The van der Waals surface area contributed by atoms with Crippen LogP contribution in [-0.4, -0.2) is 16.3 Å². The molecule has 0 saturated carbocycles. The number of hydrogen-bond donors (Lipinski definition) is 1. The van der Waals surface area contributed by atoms with Crippen LogP contribution in [0.25, 0.3) is 21.7 Å². The van der Waals surface area contributed by atoms with Gasteiger partial charge in [-0.1, -0.05) is 41.9 Å². The van der Waals surface area contributed by atoms with Crippen LogP contribution in [0.2, 0.25) is 5.02 Å². The minimum atomic E-state index is -0.145. The lowest BCUT2D eigenvalue weighted by atomic mass is 10.1. The molecule has 0 aliphatic heterocycles. The average Bonchev–Trinajstić information content (AvgIpc) is 2.95. The lowest BCUT2D eigenvalue weighted by Crippen LogP contribution is -2.04. The van der Waals surface area contributed by atoms with Crippen molar-refractivity contribution in [2.24, 2.45) is 5.18 Å². The first-order valence-electron chi connectivity index (χ1n) is 8.63. The first-order chi connectivity index (χ1) is 13.2. The van der Waals surface area contributed by atoms with Gasteiger partial charge in [0.05, 0.1) is 12.1 Å². The van der Waals surface area contributed by atoms with E-state index in [4.69, 9.17) is 16.3 Å². The van der Waals surface area contributed by atoms with E-state index in [9.17, 15) is 10.0 Å². The number of aromatic nitrogens is 1. The second-order valence-electron chi connectivity index (χ2n) is 6.29. The molecule has 0 aliphatic rings. The maximum absolute atomic E-state index is 11.1. The van der Waals surface area contributed by atoms with Gasteiger partial charge in [-0.25, -0.2) is 0 Å². The van der Waals surface area contributed by atoms with Gasteiger partial charge in [0.1, 0.15) is 5.75 Å². The third-order valence-electron chi connectivity index (χ3n) is 4.58. The number of halogens is 1. The maximum atomic E-state index is 11.1. The number of rotatable bonds is 6. The Morgan fingerprint density at radius 1 is 1.04 bits per heavy atom. The molecule has 4 rings (SSSR count). The Kier molecular flexibility index (Phi) is 4.69. The van der Waals surface area contributed by atoms with Gasteiger partial charge >= 0.3 is 0 Å². The standard InChI is InChI=1S/C21H17ClN2O3/c22-16-7-9-18-19(13-16)24(21(25)20(18)23-26)10-3-11-27-17-8-6-14-4-1-2-5-15(14)12-17/h1-2,4-9,12-13,25H,3,10-11H2. The van der Waals surface area contributed by atoms with E-state index < -0.39 is 0 Å². The lowest BCUT2D eigenvalue weighted by Gasteiger charge is -2.09. The van der Waals surface area contributed by atoms with Crippen LogP contribution in [0, 0.1) is 4.91 Å². The van der Waals surface area contributed by atoms with E-state index in [1.165, 1.54) is 5.39 Å². The molecule has 1 heterocycles. The highest BCUT2D eigenvalue weighted by atomic mass is 35.5. The van der Waals surface area contributed by atoms with E-state index in [0.29, 0.717) is 35.5 Å². The molecule has 0 aliphatic carbocycles. The predicted octanol–water partition coefficient (Wildman–Crippen LogP) is 6.02. The minimum absolute atomic E-state index is 0.0390. The van der Waals surface area contributed by atoms with Crippen molar-refractivity contribution in [3.8, 4) is 11.6 Å².